The van der Waals surface area contributed by atoms with Crippen LogP contribution in [0.4, 0.5) is 0 Å². The molecule has 1 N–H and O–H groups in total. The summed E-state index contributed by atoms with van der Waals surface area (Å²) in [6.45, 7) is 6.37. The van der Waals surface area contributed by atoms with E-state index in [4.69, 9.17) is 4.74 Å². The highest BCUT2D eigenvalue weighted by Crippen LogP contribution is 2.15. The molecule has 106 valence electrons. The Morgan fingerprint density at radius 1 is 1.25 bits per heavy atom. The van der Waals surface area contributed by atoms with E-state index in [-0.39, 0.29) is 12.5 Å². The summed E-state index contributed by atoms with van der Waals surface area (Å²) in [7, 11) is 0. The van der Waals surface area contributed by atoms with Crippen LogP contribution in [0.1, 0.15) is 26.3 Å². The Hall–Kier alpha value is -1.94. The number of rotatable bonds is 4. The van der Waals surface area contributed by atoms with Crippen LogP contribution in [0, 0.1) is 0 Å². The molecule has 0 saturated heterocycles. The molecule has 0 radical (unpaired) electrons. The molecule has 0 amide bonds. The van der Waals surface area contributed by atoms with Crippen molar-refractivity contribution in [2.24, 2.45) is 0 Å². The number of para-hydroxylation sites is 1. The molecule has 0 aliphatic rings. The number of carbonyl (C=O) groups excluding carboxylic acids is 1. The fourth-order valence-corrected chi connectivity index (χ4v) is 1.99. The first kappa shape index (κ1) is 14.5. The van der Waals surface area contributed by atoms with Gasteiger partial charge in [0, 0.05) is 18.1 Å². The number of hydrogen-bond acceptors (Lipinski definition) is 4. The molecule has 1 heterocycles. The van der Waals surface area contributed by atoms with Crippen LogP contribution in [0.2, 0.25) is 0 Å². The topological polar surface area (TPSA) is 51.2 Å². The Balaban J connectivity index is 1.95. The summed E-state index contributed by atoms with van der Waals surface area (Å²) in [5.74, 6) is -0.245. The predicted octanol–water partition coefficient (Wildman–Crippen LogP) is 2.67. The molecule has 0 aliphatic heterocycles. The van der Waals surface area contributed by atoms with Crippen LogP contribution in [0.25, 0.3) is 10.9 Å². The van der Waals surface area contributed by atoms with Crippen LogP contribution in [0.3, 0.4) is 0 Å². The SMILES string of the molecule is CC(C)(C)OC(=O)CNCc1cccc2cccnc12. The van der Waals surface area contributed by atoms with E-state index >= 15 is 0 Å². The third-order valence-corrected chi connectivity index (χ3v) is 2.72. The highest BCUT2D eigenvalue weighted by molar-refractivity contribution is 5.81. The van der Waals surface area contributed by atoms with E-state index in [1.54, 1.807) is 6.20 Å². The Morgan fingerprint density at radius 3 is 2.75 bits per heavy atom. The maximum atomic E-state index is 11.6. The van der Waals surface area contributed by atoms with Crippen LogP contribution >= 0.6 is 0 Å². The summed E-state index contributed by atoms with van der Waals surface area (Å²) in [6, 6.07) is 9.98. The molecule has 0 spiro atoms. The molecule has 2 rings (SSSR count). The van der Waals surface area contributed by atoms with Gasteiger partial charge in [-0.1, -0.05) is 24.3 Å². The van der Waals surface area contributed by atoms with Crippen molar-refractivity contribution < 1.29 is 9.53 Å². The van der Waals surface area contributed by atoms with Crippen LogP contribution in [0.5, 0.6) is 0 Å². The van der Waals surface area contributed by atoms with Gasteiger partial charge in [-0.15, -0.1) is 0 Å². The summed E-state index contributed by atoms with van der Waals surface area (Å²) in [5.41, 5.74) is 1.60. The zero-order valence-electron chi connectivity index (χ0n) is 12.1. The number of hydrogen-bond donors (Lipinski definition) is 1. The average molecular weight is 272 g/mol. The third kappa shape index (κ3) is 4.03. The zero-order chi connectivity index (χ0) is 14.6. The minimum Gasteiger partial charge on any atom is -0.459 e. The first-order valence-electron chi connectivity index (χ1n) is 6.71. The lowest BCUT2D eigenvalue weighted by atomic mass is 10.1. The van der Waals surface area contributed by atoms with E-state index in [1.807, 2.05) is 51.1 Å². The molecule has 0 saturated carbocycles. The molecule has 2 aromatic rings. The molecular weight excluding hydrogens is 252 g/mol. The number of nitrogens with zero attached hydrogens (tertiary/aromatic N) is 1. The molecule has 1 aromatic carbocycles. The van der Waals surface area contributed by atoms with E-state index in [2.05, 4.69) is 10.3 Å². The molecule has 4 nitrogen and oxygen atoms in total. The number of nitrogens with one attached hydrogen (secondary N) is 1. The van der Waals surface area contributed by atoms with Crippen molar-refractivity contribution in [3.63, 3.8) is 0 Å². The number of benzene rings is 1. The minimum absolute atomic E-state index is 0.195. The van der Waals surface area contributed by atoms with Gasteiger partial charge in [-0.2, -0.15) is 0 Å². The van der Waals surface area contributed by atoms with Gasteiger partial charge in [0.25, 0.3) is 0 Å². The monoisotopic (exact) mass is 272 g/mol. The van der Waals surface area contributed by atoms with Crippen molar-refractivity contribution >= 4 is 16.9 Å². The Morgan fingerprint density at radius 2 is 2.00 bits per heavy atom. The van der Waals surface area contributed by atoms with Gasteiger partial charge in [0.05, 0.1) is 12.1 Å². The maximum absolute atomic E-state index is 11.6. The molecule has 0 fully saturated rings. The number of aromatic nitrogens is 1. The van der Waals surface area contributed by atoms with Gasteiger partial charge in [0.1, 0.15) is 5.60 Å². The molecule has 0 unspecified atom stereocenters. The summed E-state index contributed by atoms with van der Waals surface area (Å²) in [4.78, 5) is 16.0. The van der Waals surface area contributed by atoms with Crippen LogP contribution in [0.15, 0.2) is 36.5 Å². The molecule has 0 bridgehead atoms. The first-order valence-corrected chi connectivity index (χ1v) is 6.71. The Bertz CT molecular complexity index is 597. The van der Waals surface area contributed by atoms with E-state index in [1.165, 1.54) is 0 Å². The van der Waals surface area contributed by atoms with Crippen molar-refractivity contribution in [2.75, 3.05) is 6.54 Å². The largest absolute Gasteiger partial charge is 0.459 e. The lowest BCUT2D eigenvalue weighted by molar-refractivity contribution is -0.153. The van der Waals surface area contributed by atoms with E-state index < -0.39 is 5.60 Å². The average Bonchev–Trinajstić information content (AvgIpc) is 2.37. The maximum Gasteiger partial charge on any atom is 0.320 e. The van der Waals surface area contributed by atoms with Crippen molar-refractivity contribution in [3.05, 3.63) is 42.1 Å². The van der Waals surface area contributed by atoms with Gasteiger partial charge in [-0.05, 0) is 32.4 Å². The van der Waals surface area contributed by atoms with E-state index in [9.17, 15) is 4.79 Å². The zero-order valence-corrected chi connectivity index (χ0v) is 12.1. The van der Waals surface area contributed by atoms with Crippen LogP contribution in [-0.2, 0) is 16.1 Å². The normalized spacial score (nSPS) is 11.6. The molecular formula is C16H20N2O2. The van der Waals surface area contributed by atoms with Crippen molar-refractivity contribution in [1.29, 1.82) is 0 Å². The molecule has 1 aromatic heterocycles. The first-order chi connectivity index (χ1) is 9.46. The van der Waals surface area contributed by atoms with Crippen molar-refractivity contribution in [2.45, 2.75) is 32.9 Å². The number of ether oxygens (including phenoxy) is 1. The highest BCUT2D eigenvalue weighted by atomic mass is 16.6. The van der Waals surface area contributed by atoms with Crippen LogP contribution < -0.4 is 5.32 Å². The molecule has 20 heavy (non-hydrogen) atoms. The second kappa shape index (κ2) is 6.01. The molecule has 0 aliphatic carbocycles. The van der Waals surface area contributed by atoms with E-state index in [0.29, 0.717) is 6.54 Å². The summed E-state index contributed by atoms with van der Waals surface area (Å²) in [5, 5.41) is 4.20. The number of carbonyl (C=O) groups is 1. The van der Waals surface area contributed by atoms with Crippen molar-refractivity contribution in [1.82, 2.24) is 10.3 Å². The number of pyridine rings is 1. The standard InChI is InChI=1S/C16H20N2O2/c1-16(2,3)20-14(19)11-17-10-13-7-4-6-12-8-5-9-18-15(12)13/h4-9,17H,10-11H2,1-3H3. The van der Waals surface area contributed by atoms with Gasteiger partial charge in [0.15, 0.2) is 0 Å². The highest BCUT2D eigenvalue weighted by Gasteiger charge is 2.15. The fourth-order valence-electron chi connectivity index (χ4n) is 1.99. The van der Waals surface area contributed by atoms with Crippen molar-refractivity contribution in [3.8, 4) is 0 Å². The Labute approximate surface area is 119 Å². The quantitative estimate of drug-likeness (QED) is 0.869. The lowest BCUT2D eigenvalue weighted by Gasteiger charge is -2.19. The van der Waals surface area contributed by atoms with Gasteiger partial charge >= 0.3 is 5.97 Å². The molecule has 4 heteroatoms. The Kier molecular flexibility index (Phi) is 4.35. The minimum atomic E-state index is -0.445. The fraction of sp³-hybridized carbons (Fsp3) is 0.375. The molecule has 0 atom stereocenters. The van der Waals surface area contributed by atoms with Gasteiger partial charge in [0.2, 0.25) is 0 Å². The van der Waals surface area contributed by atoms with Gasteiger partial charge in [-0.25, -0.2) is 0 Å². The van der Waals surface area contributed by atoms with E-state index in [0.717, 1.165) is 16.5 Å². The summed E-state index contributed by atoms with van der Waals surface area (Å²) >= 11 is 0. The number of fused-ring (bicyclic) bond motifs is 1. The predicted molar refractivity (Wildman–Crippen MR) is 79.3 cm³/mol. The summed E-state index contributed by atoms with van der Waals surface area (Å²) in [6.07, 6.45) is 1.78. The second-order valence-electron chi connectivity index (χ2n) is 5.68. The van der Waals surface area contributed by atoms with Gasteiger partial charge < -0.3 is 10.1 Å². The third-order valence-electron chi connectivity index (χ3n) is 2.72. The van der Waals surface area contributed by atoms with Gasteiger partial charge in [-0.3, -0.25) is 9.78 Å². The smallest absolute Gasteiger partial charge is 0.320 e. The second-order valence-corrected chi connectivity index (χ2v) is 5.68. The van der Waals surface area contributed by atoms with Crippen LogP contribution in [-0.4, -0.2) is 23.1 Å². The number of esters is 1. The lowest BCUT2D eigenvalue weighted by Crippen LogP contribution is -2.31. The summed E-state index contributed by atoms with van der Waals surface area (Å²) < 4.78 is 5.25.